The molecule has 2 aromatic rings. The summed E-state index contributed by atoms with van der Waals surface area (Å²) in [5.41, 5.74) is 0.576. The molecule has 1 aliphatic rings. The largest absolute Gasteiger partial charge is 0.432 e. The topological polar surface area (TPSA) is 109 Å². The lowest BCUT2D eigenvalue weighted by Crippen LogP contribution is -2.32. The van der Waals surface area contributed by atoms with Crippen LogP contribution >= 0.6 is 0 Å². The van der Waals surface area contributed by atoms with Gasteiger partial charge in [-0.3, -0.25) is 14.9 Å². The van der Waals surface area contributed by atoms with E-state index in [4.69, 9.17) is 9.47 Å². The number of nitro benzene ring substituents is 1. The van der Waals surface area contributed by atoms with Gasteiger partial charge in [-0.1, -0.05) is 12.1 Å². The van der Waals surface area contributed by atoms with E-state index in [2.05, 4.69) is 10.4 Å². The van der Waals surface area contributed by atoms with Gasteiger partial charge in [-0.25, -0.2) is 4.68 Å². The lowest BCUT2D eigenvalue weighted by atomic mass is 10.2. The molecule has 1 aliphatic heterocycles. The average Bonchev–Trinajstić information content (AvgIpc) is 3.23. The highest BCUT2D eigenvalue weighted by Gasteiger charge is 2.24. The zero-order valence-corrected chi connectivity index (χ0v) is 14.6. The highest BCUT2D eigenvalue weighted by atomic mass is 16.6. The first-order valence-corrected chi connectivity index (χ1v) is 8.32. The zero-order chi connectivity index (χ0) is 18.7. The highest BCUT2D eigenvalue weighted by molar-refractivity contribution is 5.94. The number of aromatic nitrogens is 2. The molecule has 9 nitrogen and oxygen atoms in total. The van der Waals surface area contributed by atoms with Crippen molar-refractivity contribution in [3.63, 3.8) is 0 Å². The smallest absolute Gasteiger partial charge is 0.311 e. The van der Waals surface area contributed by atoms with Crippen molar-refractivity contribution in [2.24, 2.45) is 7.05 Å². The van der Waals surface area contributed by atoms with Crippen LogP contribution in [-0.4, -0.2) is 39.9 Å². The van der Waals surface area contributed by atoms with Crippen LogP contribution in [0.15, 0.2) is 24.3 Å². The summed E-state index contributed by atoms with van der Waals surface area (Å²) in [5, 5.41) is 18.1. The van der Waals surface area contributed by atoms with E-state index in [-0.39, 0.29) is 35.0 Å². The maximum absolute atomic E-state index is 12.4. The molecule has 1 N–H and O–H groups in total. The quantitative estimate of drug-likeness (QED) is 0.626. The van der Waals surface area contributed by atoms with Crippen LogP contribution < -0.4 is 10.1 Å². The molecule has 1 amide bonds. The molecule has 1 aromatic carbocycles. The van der Waals surface area contributed by atoms with E-state index >= 15 is 0 Å². The molecule has 1 aromatic heterocycles. The molecule has 138 valence electrons. The van der Waals surface area contributed by atoms with Crippen molar-refractivity contribution in [1.29, 1.82) is 0 Å². The van der Waals surface area contributed by atoms with Crippen molar-refractivity contribution >= 4 is 11.6 Å². The zero-order valence-electron chi connectivity index (χ0n) is 14.6. The second kappa shape index (κ2) is 7.52. The van der Waals surface area contributed by atoms with E-state index < -0.39 is 4.92 Å². The van der Waals surface area contributed by atoms with Crippen molar-refractivity contribution in [3.8, 4) is 11.6 Å². The molecule has 0 saturated carbocycles. The average molecular weight is 360 g/mol. The number of ether oxygens (including phenoxy) is 2. The lowest BCUT2D eigenvalue weighted by molar-refractivity contribution is -0.385. The fourth-order valence-electron chi connectivity index (χ4n) is 2.87. The van der Waals surface area contributed by atoms with Crippen LogP contribution in [0.5, 0.6) is 11.6 Å². The minimum Gasteiger partial charge on any atom is -0.432 e. The molecule has 0 spiro atoms. The van der Waals surface area contributed by atoms with Gasteiger partial charge in [0.1, 0.15) is 0 Å². The number of carbonyl (C=O) groups excluding carboxylic acids is 1. The van der Waals surface area contributed by atoms with E-state index in [1.54, 1.807) is 26.1 Å². The number of aryl methyl sites for hydroxylation is 1. The molecule has 1 atom stereocenters. The van der Waals surface area contributed by atoms with Crippen molar-refractivity contribution in [3.05, 3.63) is 45.6 Å². The Bertz CT molecular complexity index is 827. The predicted octanol–water partition coefficient (Wildman–Crippen LogP) is 2.34. The Labute approximate surface area is 150 Å². The van der Waals surface area contributed by atoms with Crippen LogP contribution in [0.3, 0.4) is 0 Å². The molecule has 1 fully saturated rings. The maximum Gasteiger partial charge on any atom is 0.311 e. The third-order valence-electron chi connectivity index (χ3n) is 4.22. The third kappa shape index (κ3) is 3.67. The summed E-state index contributed by atoms with van der Waals surface area (Å²) in [6.45, 7) is 2.84. The SMILES string of the molecule is Cc1c(C(=O)NC[C@@H]2CCCO2)nn(C)c1Oc1ccccc1[N+](=O)[O-]. The van der Waals surface area contributed by atoms with E-state index in [0.717, 1.165) is 19.4 Å². The van der Waals surface area contributed by atoms with E-state index in [1.807, 2.05) is 0 Å². The fraction of sp³-hybridized carbons (Fsp3) is 0.412. The number of rotatable bonds is 6. The number of benzene rings is 1. The van der Waals surface area contributed by atoms with Crippen molar-refractivity contribution < 1.29 is 19.2 Å². The Kier molecular flexibility index (Phi) is 5.17. The summed E-state index contributed by atoms with van der Waals surface area (Å²) < 4.78 is 12.6. The summed E-state index contributed by atoms with van der Waals surface area (Å²) in [4.78, 5) is 23.0. The summed E-state index contributed by atoms with van der Waals surface area (Å²) in [6, 6.07) is 6.06. The lowest BCUT2D eigenvalue weighted by Gasteiger charge is -2.10. The predicted molar refractivity (Wildman–Crippen MR) is 92.4 cm³/mol. The number of carbonyl (C=O) groups is 1. The molecular weight excluding hydrogens is 340 g/mol. The van der Waals surface area contributed by atoms with Crippen LogP contribution in [0.25, 0.3) is 0 Å². The number of para-hydroxylation sites is 2. The maximum atomic E-state index is 12.4. The first kappa shape index (κ1) is 17.9. The third-order valence-corrected chi connectivity index (χ3v) is 4.22. The first-order valence-electron chi connectivity index (χ1n) is 8.32. The Morgan fingerprint density at radius 3 is 2.96 bits per heavy atom. The number of hydrogen-bond donors (Lipinski definition) is 1. The second-order valence-corrected chi connectivity index (χ2v) is 6.07. The molecule has 3 rings (SSSR count). The monoisotopic (exact) mass is 360 g/mol. The summed E-state index contributed by atoms with van der Waals surface area (Å²) in [5.74, 6) is 0.0440. The fourth-order valence-corrected chi connectivity index (χ4v) is 2.87. The van der Waals surface area contributed by atoms with Gasteiger partial charge in [-0.15, -0.1) is 0 Å². The van der Waals surface area contributed by atoms with Gasteiger partial charge in [-0.2, -0.15) is 5.10 Å². The number of nitrogens with one attached hydrogen (secondary N) is 1. The standard InChI is InChI=1S/C17H20N4O5/c1-11-15(16(22)18-10-12-6-5-9-25-12)19-20(2)17(11)26-14-8-4-3-7-13(14)21(23)24/h3-4,7-8,12H,5-6,9-10H2,1-2H3,(H,18,22)/t12-/m0/s1. The van der Waals surface area contributed by atoms with Gasteiger partial charge >= 0.3 is 5.69 Å². The van der Waals surface area contributed by atoms with Gasteiger partial charge in [0.05, 0.1) is 11.0 Å². The second-order valence-electron chi connectivity index (χ2n) is 6.07. The molecule has 0 aliphatic carbocycles. The highest BCUT2D eigenvalue weighted by Crippen LogP contribution is 2.33. The van der Waals surface area contributed by atoms with Crippen molar-refractivity contribution in [1.82, 2.24) is 15.1 Å². The minimum atomic E-state index is -0.518. The summed E-state index contributed by atoms with van der Waals surface area (Å²) >= 11 is 0. The number of nitro groups is 1. The molecule has 0 bridgehead atoms. The molecular formula is C17H20N4O5. The van der Waals surface area contributed by atoms with E-state index in [0.29, 0.717) is 12.1 Å². The summed E-state index contributed by atoms with van der Waals surface area (Å²) in [7, 11) is 1.62. The van der Waals surface area contributed by atoms with Crippen LogP contribution in [-0.2, 0) is 11.8 Å². The normalized spacial score (nSPS) is 16.5. The first-order chi connectivity index (χ1) is 12.5. The molecule has 9 heteroatoms. The molecule has 0 unspecified atom stereocenters. The molecule has 2 heterocycles. The molecule has 0 radical (unpaired) electrons. The number of amides is 1. The van der Waals surface area contributed by atoms with Gasteiger partial charge in [0, 0.05) is 31.8 Å². The number of nitrogens with zero attached hydrogens (tertiary/aromatic N) is 3. The van der Waals surface area contributed by atoms with Crippen LogP contribution in [0.1, 0.15) is 28.9 Å². The van der Waals surface area contributed by atoms with Crippen LogP contribution in [0, 0.1) is 17.0 Å². The Morgan fingerprint density at radius 1 is 1.50 bits per heavy atom. The Morgan fingerprint density at radius 2 is 2.27 bits per heavy atom. The Balaban J connectivity index is 1.77. The van der Waals surface area contributed by atoms with Gasteiger partial charge in [0.2, 0.25) is 11.6 Å². The minimum absolute atomic E-state index is 0.0330. The van der Waals surface area contributed by atoms with Gasteiger partial charge in [-0.05, 0) is 25.8 Å². The molecule has 26 heavy (non-hydrogen) atoms. The van der Waals surface area contributed by atoms with Gasteiger partial charge < -0.3 is 14.8 Å². The van der Waals surface area contributed by atoms with E-state index in [1.165, 1.54) is 16.8 Å². The summed E-state index contributed by atoms with van der Waals surface area (Å²) in [6.07, 6.45) is 1.95. The number of hydrogen-bond acceptors (Lipinski definition) is 6. The van der Waals surface area contributed by atoms with Crippen LogP contribution in [0.4, 0.5) is 5.69 Å². The van der Waals surface area contributed by atoms with Crippen molar-refractivity contribution in [2.75, 3.05) is 13.2 Å². The van der Waals surface area contributed by atoms with Gasteiger partial charge in [0.25, 0.3) is 5.91 Å². The van der Waals surface area contributed by atoms with Crippen molar-refractivity contribution in [2.45, 2.75) is 25.9 Å². The van der Waals surface area contributed by atoms with E-state index in [9.17, 15) is 14.9 Å². The Hall–Kier alpha value is -2.94. The van der Waals surface area contributed by atoms with Crippen LogP contribution in [0.2, 0.25) is 0 Å². The molecule has 1 saturated heterocycles. The van der Waals surface area contributed by atoms with Gasteiger partial charge in [0.15, 0.2) is 5.69 Å².